The van der Waals surface area contributed by atoms with Crippen LogP contribution in [0.5, 0.6) is 0 Å². The van der Waals surface area contributed by atoms with Crippen molar-refractivity contribution in [3.8, 4) is 0 Å². The molecule has 0 spiro atoms. The van der Waals surface area contributed by atoms with Crippen molar-refractivity contribution in [3.63, 3.8) is 0 Å². The lowest BCUT2D eigenvalue weighted by Gasteiger charge is -2.40. The number of hydrogen-bond donors (Lipinski definition) is 0. The summed E-state index contributed by atoms with van der Waals surface area (Å²) in [6.45, 7) is 1.16. The van der Waals surface area contributed by atoms with Crippen molar-refractivity contribution in [1.29, 1.82) is 0 Å². The Labute approximate surface area is 234 Å². The smallest absolute Gasteiger partial charge is 0.288 e. The molecular weight excluding hydrogens is 492 g/mol. The first-order valence-electron chi connectivity index (χ1n) is 13.6. The van der Waals surface area contributed by atoms with Crippen molar-refractivity contribution in [3.05, 3.63) is 163 Å². The molecule has 0 aliphatic rings. The zero-order chi connectivity index (χ0) is 26.8. The molecule has 5 aromatic carbocycles. The second-order valence-corrected chi connectivity index (χ2v) is 13.7. The summed E-state index contributed by atoms with van der Waals surface area (Å²) < 4.78 is 13.5. The zero-order valence-electron chi connectivity index (χ0n) is 22.6. The van der Waals surface area contributed by atoms with E-state index in [9.17, 15) is 0 Å². The lowest BCUT2D eigenvalue weighted by molar-refractivity contribution is 0.0373. The van der Waals surface area contributed by atoms with Gasteiger partial charge in [-0.1, -0.05) is 152 Å². The number of benzene rings is 5. The molecule has 5 rings (SSSR count). The molecule has 0 atom stereocenters. The van der Waals surface area contributed by atoms with E-state index in [2.05, 4.69) is 152 Å². The van der Waals surface area contributed by atoms with Crippen LogP contribution in [-0.2, 0) is 22.0 Å². The van der Waals surface area contributed by atoms with E-state index in [0.717, 1.165) is 12.8 Å². The molecule has 196 valence electrons. The van der Waals surface area contributed by atoms with Crippen LogP contribution in [0.1, 0.15) is 11.1 Å². The molecule has 0 unspecified atom stereocenters. The van der Waals surface area contributed by atoms with E-state index >= 15 is 0 Å². The summed E-state index contributed by atoms with van der Waals surface area (Å²) >= 11 is 0. The Kier molecular flexibility index (Phi) is 8.84. The molecule has 39 heavy (non-hydrogen) atoms. The van der Waals surface area contributed by atoms with E-state index in [0.29, 0.717) is 13.2 Å². The van der Waals surface area contributed by atoms with Crippen LogP contribution >= 0.6 is 0 Å². The van der Waals surface area contributed by atoms with Gasteiger partial charge in [0.1, 0.15) is 0 Å². The fraction of sp³-hybridized carbons (Fsp3) is 0.167. The minimum atomic E-state index is -2.85. The molecule has 2 nitrogen and oxygen atoms in total. The molecule has 0 N–H and O–H groups in total. The molecule has 0 aromatic heterocycles. The van der Waals surface area contributed by atoms with Crippen LogP contribution in [0.2, 0.25) is 0 Å². The molecule has 0 radical (unpaired) electrons. The minimum absolute atomic E-state index is 0.256. The Balaban J connectivity index is 1.64. The van der Waals surface area contributed by atoms with E-state index in [4.69, 9.17) is 9.16 Å². The van der Waals surface area contributed by atoms with Crippen LogP contribution in [0.4, 0.5) is 0 Å². The summed E-state index contributed by atoms with van der Waals surface area (Å²) in [4.78, 5) is 0. The molecule has 0 saturated heterocycles. The van der Waals surface area contributed by atoms with Gasteiger partial charge in [-0.3, -0.25) is 0 Å². The third kappa shape index (κ3) is 6.29. The summed E-state index contributed by atoms with van der Waals surface area (Å²) in [5.74, 6) is 0. The molecular formula is C36H36O2Si. The fourth-order valence-electron chi connectivity index (χ4n) is 5.70. The lowest BCUT2D eigenvalue weighted by atomic mass is 9.78. The average molecular weight is 529 g/mol. The quantitative estimate of drug-likeness (QED) is 0.151. The van der Waals surface area contributed by atoms with E-state index < -0.39 is 8.32 Å². The summed E-state index contributed by atoms with van der Waals surface area (Å²) in [7, 11) is -1.05. The molecule has 0 aliphatic heterocycles. The van der Waals surface area contributed by atoms with Crippen LogP contribution in [0.15, 0.2) is 152 Å². The second-order valence-electron chi connectivity index (χ2n) is 10.3. The third-order valence-electron chi connectivity index (χ3n) is 7.43. The summed E-state index contributed by atoms with van der Waals surface area (Å²) in [6, 6.07) is 53.9. The van der Waals surface area contributed by atoms with Gasteiger partial charge in [-0.15, -0.1) is 0 Å². The minimum Gasteiger partial charge on any atom is -0.404 e. The summed E-state index contributed by atoms with van der Waals surface area (Å²) in [6.07, 6.45) is 1.72. The van der Waals surface area contributed by atoms with Gasteiger partial charge in [0.25, 0.3) is 8.32 Å². The van der Waals surface area contributed by atoms with Gasteiger partial charge >= 0.3 is 0 Å². The van der Waals surface area contributed by atoms with Crippen molar-refractivity contribution in [2.24, 2.45) is 5.41 Å². The molecule has 0 saturated carbocycles. The van der Waals surface area contributed by atoms with Crippen LogP contribution in [-0.4, -0.2) is 28.6 Å². The fourth-order valence-corrected chi connectivity index (χ4v) is 9.71. The van der Waals surface area contributed by atoms with E-state index in [1.54, 1.807) is 7.11 Å². The molecule has 0 aliphatic carbocycles. The Bertz CT molecular complexity index is 1250. The SMILES string of the molecule is COCC(CO[Si](c1ccccc1)(c1ccccc1)c1ccccc1)(Cc1ccccc1)Cc1ccccc1. The zero-order valence-corrected chi connectivity index (χ0v) is 23.6. The Morgan fingerprint density at radius 1 is 0.462 bits per heavy atom. The highest BCUT2D eigenvalue weighted by Crippen LogP contribution is 2.31. The first-order valence-corrected chi connectivity index (χ1v) is 15.5. The van der Waals surface area contributed by atoms with Gasteiger partial charge in [0.05, 0.1) is 6.61 Å². The normalized spacial score (nSPS) is 11.8. The number of ether oxygens (including phenoxy) is 1. The first-order chi connectivity index (χ1) is 19.2. The second kappa shape index (κ2) is 12.9. The predicted molar refractivity (Wildman–Crippen MR) is 165 cm³/mol. The maximum absolute atomic E-state index is 7.51. The van der Waals surface area contributed by atoms with Gasteiger partial charge in [0, 0.05) is 19.1 Å². The average Bonchev–Trinajstić information content (AvgIpc) is 3.00. The standard InChI is InChI=1S/C36H36O2Si/c1-37-29-36(27-31-17-7-2-8-18-31,28-32-19-9-3-10-20-32)30-38-39(33-21-11-4-12-22-33,34-23-13-5-14-24-34)35-25-15-6-16-26-35/h2-26H,27-30H2,1H3. The largest absolute Gasteiger partial charge is 0.404 e. The number of rotatable bonds is 12. The number of hydrogen-bond acceptors (Lipinski definition) is 2. The van der Waals surface area contributed by atoms with Gasteiger partial charge in [0.2, 0.25) is 0 Å². The maximum atomic E-state index is 7.51. The number of methoxy groups -OCH3 is 1. The van der Waals surface area contributed by atoms with Gasteiger partial charge in [-0.05, 0) is 39.5 Å². The highest BCUT2D eigenvalue weighted by Gasteiger charge is 2.44. The van der Waals surface area contributed by atoms with Crippen molar-refractivity contribution in [2.75, 3.05) is 20.3 Å². The molecule has 0 heterocycles. The molecule has 0 bridgehead atoms. The van der Waals surface area contributed by atoms with Crippen molar-refractivity contribution < 1.29 is 9.16 Å². The Morgan fingerprint density at radius 2 is 0.795 bits per heavy atom. The topological polar surface area (TPSA) is 18.5 Å². The van der Waals surface area contributed by atoms with Crippen LogP contribution in [0, 0.1) is 5.41 Å². The Morgan fingerprint density at radius 3 is 1.13 bits per heavy atom. The highest BCUT2D eigenvalue weighted by molar-refractivity contribution is 7.07. The maximum Gasteiger partial charge on any atom is 0.288 e. The molecule has 0 fully saturated rings. The third-order valence-corrected chi connectivity index (χ3v) is 11.4. The van der Waals surface area contributed by atoms with Crippen LogP contribution in [0.25, 0.3) is 0 Å². The van der Waals surface area contributed by atoms with E-state index in [-0.39, 0.29) is 5.41 Å². The van der Waals surface area contributed by atoms with Crippen molar-refractivity contribution in [1.82, 2.24) is 0 Å². The Hall–Kier alpha value is -3.76. The summed E-state index contributed by atoms with van der Waals surface area (Å²) in [5, 5.41) is 3.73. The van der Waals surface area contributed by atoms with Crippen LogP contribution < -0.4 is 15.6 Å². The van der Waals surface area contributed by atoms with Gasteiger partial charge in [0.15, 0.2) is 0 Å². The van der Waals surface area contributed by atoms with Gasteiger partial charge < -0.3 is 9.16 Å². The molecule has 5 aromatic rings. The van der Waals surface area contributed by atoms with Gasteiger partial charge in [-0.2, -0.15) is 0 Å². The lowest BCUT2D eigenvalue weighted by Crippen LogP contribution is -2.70. The monoisotopic (exact) mass is 528 g/mol. The highest BCUT2D eigenvalue weighted by atomic mass is 28.4. The van der Waals surface area contributed by atoms with E-state index in [1.807, 2.05) is 0 Å². The van der Waals surface area contributed by atoms with Crippen molar-refractivity contribution >= 4 is 23.9 Å². The molecule has 3 heteroatoms. The van der Waals surface area contributed by atoms with Crippen molar-refractivity contribution in [2.45, 2.75) is 12.8 Å². The van der Waals surface area contributed by atoms with Crippen LogP contribution in [0.3, 0.4) is 0 Å². The van der Waals surface area contributed by atoms with Gasteiger partial charge in [-0.25, -0.2) is 0 Å². The first kappa shape index (κ1) is 26.8. The molecule has 0 amide bonds. The summed E-state index contributed by atoms with van der Waals surface area (Å²) in [5.41, 5.74) is 2.33. The van der Waals surface area contributed by atoms with E-state index in [1.165, 1.54) is 26.7 Å². The predicted octanol–water partition coefficient (Wildman–Crippen LogP) is 5.79.